The van der Waals surface area contributed by atoms with Gasteiger partial charge >= 0.3 is 12.2 Å². The van der Waals surface area contributed by atoms with Crippen molar-refractivity contribution < 1.29 is 18.0 Å². The zero-order valence-electron chi connectivity index (χ0n) is 15.4. The first-order valence-corrected chi connectivity index (χ1v) is 9.24. The predicted octanol–water partition coefficient (Wildman–Crippen LogP) is 3.65. The number of nitrogens with zero attached hydrogens (tertiary/aromatic N) is 2. The molecule has 0 radical (unpaired) electrons. The van der Waals surface area contributed by atoms with E-state index in [4.69, 9.17) is 0 Å². The van der Waals surface area contributed by atoms with Crippen LogP contribution in [0.2, 0.25) is 0 Å². The maximum atomic E-state index is 12.7. The van der Waals surface area contributed by atoms with E-state index < -0.39 is 12.6 Å². The molecule has 0 aliphatic carbocycles. The number of rotatable bonds is 5. The minimum atomic E-state index is -4.28. The number of urea groups is 1. The van der Waals surface area contributed by atoms with Crippen LogP contribution in [0.3, 0.4) is 0 Å². The van der Waals surface area contributed by atoms with E-state index in [1.807, 2.05) is 18.2 Å². The summed E-state index contributed by atoms with van der Waals surface area (Å²) in [6.45, 7) is 1.64. The minimum absolute atomic E-state index is 0.0328. The summed E-state index contributed by atoms with van der Waals surface area (Å²) in [5.41, 5.74) is 0.652. The average Bonchev–Trinajstić information content (AvgIpc) is 2.67. The number of halogens is 3. The van der Waals surface area contributed by atoms with Gasteiger partial charge in [0, 0.05) is 31.9 Å². The number of aromatic nitrogens is 1. The summed E-state index contributed by atoms with van der Waals surface area (Å²) in [6.07, 6.45) is -1.95. The van der Waals surface area contributed by atoms with Crippen LogP contribution < -0.4 is 15.5 Å². The molecular formula is C20H23F3N4O. The van der Waals surface area contributed by atoms with Gasteiger partial charge in [0.2, 0.25) is 0 Å². The van der Waals surface area contributed by atoms with E-state index in [9.17, 15) is 18.0 Å². The van der Waals surface area contributed by atoms with Gasteiger partial charge in [0.05, 0.1) is 6.42 Å². The van der Waals surface area contributed by atoms with Gasteiger partial charge in [0.15, 0.2) is 0 Å². The third kappa shape index (κ3) is 5.87. The topological polar surface area (TPSA) is 57.3 Å². The van der Waals surface area contributed by atoms with Crippen molar-refractivity contribution in [3.63, 3.8) is 0 Å². The van der Waals surface area contributed by atoms with Crippen LogP contribution in [0.25, 0.3) is 0 Å². The zero-order valence-corrected chi connectivity index (χ0v) is 15.4. The fraction of sp³-hybridized carbons (Fsp3) is 0.400. The lowest BCUT2D eigenvalue weighted by Gasteiger charge is -2.33. The first-order valence-electron chi connectivity index (χ1n) is 9.24. The number of carbonyl (C=O) groups excluding carboxylic acids is 1. The highest BCUT2D eigenvalue weighted by Gasteiger charge is 2.28. The molecule has 150 valence electrons. The van der Waals surface area contributed by atoms with Crippen LogP contribution in [0.1, 0.15) is 24.0 Å². The number of hydrogen-bond acceptors (Lipinski definition) is 3. The van der Waals surface area contributed by atoms with Crippen LogP contribution in [0.15, 0.2) is 48.7 Å². The number of hydrogen-bond donors (Lipinski definition) is 2. The van der Waals surface area contributed by atoms with E-state index in [0.717, 1.165) is 31.7 Å². The standard InChI is InChI=1S/C20H23F3N4O/c21-20(22,23)13-15-5-1-2-6-16(15)14-25-19(28)26-17-8-11-27(12-9-17)18-7-3-4-10-24-18/h1-7,10,17H,8-9,11-14H2,(H2,25,26,28). The molecule has 2 amide bonds. The van der Waals surface area contributed by atoms with Crippen molar-refractivity contribution in [3.05, 3.63) is 59.8 Å². The second-order valence-corrected chi connectivity index (χ2v) is 6.84. The van der Waals surface area contributed by atoms with E-state index in [1.165, 1.54) is 6.07 Å². The number of anilines is 1. The predicted molar refractivity (Wildman–Crippen MR) is 101 cm³/mol. The van der Waals surface area contributed by atoms with Crippen molar-refractivity contribution in [2.75, 3.05) is 18.0 Å². The Balaban J connectivity index is 1.46. The molecule has 2 aromatic rings. The molecule has 1 aliphatic heterocycles. The molecule has 1 aliphatic rings. The molecule has 2 heterocycles. The zero-order chi connectivity index (χ0) is 20.0. The molecule has 0 saturated carbocycles. The quantitative estimate of drug-likeness (QED) is 0.817. The molecule has 0 unspecified atom stereocenters. The lowest BCUT2D eigenvalue weighted by atomic mass is 10.0. The van der Waals surface area contributed by atoms with Gasteiger partial charge in [0.1, 0.15) is 5.82 Å². The summed E-state index contributed by atoms with van der Waals surface area (Å²) >= 11 is 0. The van der Waals surface area contributed by atoms with Crippen molar-refractivity contribution in [1.29, 1.82) is 0 Å². The van der Waals surface area contributed by atoms with Gasteiger partial charge in [0.25, 0.3) is 0 Å². The maximum Gasteiger partial charge on any atom is 0.393 e. The van der Waals surface area contributed by atoms with Gasteiger partial charge in [-0.3, -0.25) is 0 Å². The fourth-order valence-electron chi connectivity index (χ4n) is 3.32. The maximum absolute atomic E-state index is 12.7. The summed E-state index contributed by atoms with van der Waals surface area (Å²) in [5.74, 6) is 0.923. The summed E-state index contributed by atoms with van der Waals surface area (Å²) in [7, 11) is 0. The summed E-state index contributed by atoms with van der Waals surface area (Å²) in [4.78, 5) is 18.7. The third-order valence-corrected chi connectivity index (χ3v) is 4.75. The number of nitrogens with one attached hydrogen (secondary N) is 2. The van der Waals surface area contributed by atoms with Crippen molar-refractivity contribution in [2.45, 2.75) is 38.0 Å². The lowest BCUT2D eigenvalue weighted by Crippen LogP contribution is -2.48. The number of alkyl halides is 3. The Labute approximate surface area is 162 Å². The second-order valence-electron chi connectivity index (χ2n) is 6.84. The lowest BCUT2D eigenvalue weighted by molar-refractivity contribution is -0.127. The second kappa shape index (κ2) is 8.95. The molecule has 1 aromatic carbocycles. The first-order chi connectivity index (χ1) is 13.4. The molecule has 1 fully saturated rings. The van der Waals surface area contributed by atoms with Gasteiger partial charge in [-0.2, -0.15) is 13.2 Å². The Kier molecular flexibility index (Phi) is 6.38. The van der Waals surface area contributed by atoms with Gasteiger partial charge in [-0.15, -0.1) is 0 Å². The van der Waals surface area contributed by atoms with Crippen LogP contribution >= 0.6 is 0 Å². The number of piperidine rings is 1. The molecule has 1 saturated heterocycles. The van der Waals surface area contributed by atoms with Gasteiger partial charge in [-0.05, 0) is 36.1 Å². The SMILES string of the molecule is O=C(NCc1ccccc1CC(F)(F)F)NC1CCN(c2ccccn2)CC1. The van der Waals surface area contributed by atoms with Gasteiger partial charge in [-0.25, -0.2) is 9.78 Å². The number of benzene rings is 1. The van der Waals surface area contributed by atoms with Crippen LogP contribution in [-0.2, 0) is 13.0 Å². The van der Waals surface area contributed by atoms with Crippen LogP contribution in [0, 0.1) is 0 Å². The third-order valence-electron chi connectivity index (χ3n) is 4.75. The average molecular weight is 392 g/mol. The fourth-order valence-corrected chi connectivity index (χ4v) is 3.32. The van der Waals surface area contributed by atoms with Crippen molar-refractivity contribution >= 4 is 11.8 Å². The molecular weight excluding hydrogens is 369 g/mol. The van der Waals surface area contributed by atoms with E-state index in [2.05, 4.69) is 20.5 Å². The summed E-state index contributed by atoms with van der Waals surface area (Å²) in [6, 6.07) is 11.7. The van der Waals surface area contributed by atoms with E-state index in [0.29, 0.717) is 5.56 Å². The monoisotopic (exact) mass is 392 g/mol. The molecule has 8 heteroatoms. The van der Waals surface area contributed by atoms with Crippen molar-refractivity contribution in [2.24, 2.45) is 0 Å². The number of amides is 2. The van der Waals surface area contributed by atoms with Crippen molar-refractivity contribution in [1.82, 2.24) is 15.6 Å². The highest BCUT2D eigenvalue weighted by Crippen LogP contribution is 2.23. The van der Waals surface area contributed by atoms with Gasteiger partial charge in [-0.1, -0.05) is 30.3 Å². The molecule has 28 heavy (non-hydrogen) atoms. The van der Waals surface area contributed by atoms with Crippen LogP contribution in [-0.4, -0.2) is 36.3 Å². The van der Waals surface area contributed by atoms with Crippen LogP contribution in [0.5, 0.6) is 0 Å². The number of pyridine rings is 1. The summed E-state index contributed by atoms with van der Waals surface area (Å²) < 4.78 is 38.0. The molecule has 5 nitrogen and oxygen atoms in total. The highest BCUT2D eigenvalue weighted by atomic mass is 19.4. The Morgan fingerprint density at radius 3 is 2.39 bits per heavy atom. The molecule has 0 bridgehead atoms. The smallest absolute Gasteiger partial charge is 0.356 e. The normalized spacial score (nSPS) is 15.3. The Hall–Kier alpha value is -2.77. The Morgan fingerprint density at radius 1 is 1.07 bits per heavy atom. The van der Waals surface area contributed by atoms with E-state index in [1.54, 1.807) is 24.4 Å². The largest absolute Gasteiger partial charge is 0.393 e. The van der Waals surface area contributed by atoms with E-state index >= 15 is 0 Å². The molecule has 3 rings (SSSR count). The highest BCUT2D eigenvalue weighted by molar-refractivity contribution is 5.74. The molecule has 0 spiro atoms. The Bertz CT molecular complexity index is 775. The molecule has 1 aromatic heterocycles. The number of carbonyl (C=O) groups is 1. The molecule has 2 N–H and O–H groups in total. The van der Waals surface area contributed by atoms with Gasteiger partial charge < -0.3 is 15.5 Å². The summed E-state index contributed by atoms with van der Waals surface area (Å²) in [5, 5.41) is 5.58. The molecule has 0 atom stereocenters. The first kappa shape index (κ1) is 20.0. The van der Waals surface area contributed by atoms with Crippen molar-refractivity contribution in [3.8, 4) is 0 Å². The van der Waals surface area contributed by atoms with Crippen LogP contribution in [0.4, 0.5) is 23.8 Å². The minimum Gasteiger partial charge on any atom is -0.356 e. The Morgan fingerprint density at radius 2 is 1.75 bits per heavy atom. The van der Waals surface area contributed by atoms with E-state index in [-0.39, 0.29) is 24.2 Å².